The van der Waals surface area contributed by atoms with Crippen LogP contribution in [-0.2, 0) is 4.79 Å². The molecule has 2 heterocycles. The number of hydrogen-bond acceptors (Lipinski definition) is 3. The molecule has 110 valence electrons. The second-order valence-electron chi connectivity index (χ2n) is 4.94. The second-order valence-corrected chi connectivity index (χ2v) is 6.32. The maximum atomic E-state index is 13.3. The first-order chi connectivity index (χ1) is 10.1. The lowest BCUT2D eigenvalue weighted by atomic mass is 9.99. The molecule has 6 heteroatoms. The standard InChI is InChI=1S/C15H13ClFNO2S/c16-11-6-9(3-4-12(11)17)18-13(8-19)10(7-15(18)20)14-2-1-5-21-14/h1-6,10,13,19H,7-8H2/t10-,13+/m1/s1. The lowest BCUT2D eigenvalue weighted by Crippen LogP contribution is -2.37. The number of nitrogens with zero attached hydrogens (tertiary/aromatic N) is 1. The lowest BCUT2D eigenvalue weighted by molar-refractivity contribution is -0.117. The van der Waals surface area contributed by atoms with E-state index < -0.39 is 5.82 Å². The van der Waals surface area contributed by atoms with Gasteiger partial charge in [-0.2, -0.15) is 0 Å². The summed E-state index contributed by atoms with van der Waals surface area (Å²) >= 11 is 7.36. The van der Waals surface area contributed by atoms with Crippen molar-refractivity contribution < 1.29 is 14.3 Å². The summed E-state index contributed by atoms with van der Waals surface area (Å²) in [5, 5.41) is 11.6. The van der Waals surface area contributed by atoms with Crippen molar-refractivity contribution in [1.29, 1.82) is 0 Å². The minimum atomic E-state index is -0.526. The molecule has 1 saturated heterocycles. The first kappa shape index (κ1) is 14.5. The van der Waals surface area contributed by atoms with Crippen molar-refractivity contribution in [1.82, 2.24) is 0 Å². The number of aliphatic hydroxyl groups is 1. The number of carbonyl (C=O) groups excluding carboxylic acids is 1. The summed E-state index contributed by atoms with van der Waals surface area (Å²) in [5.41, 5.74) is 0.518. The Morgan fingerprint density at radius 3 is 2.86 bits per heavy atom. The van der Waals surface area contributed by atoms with E-state index in [2.05, 4.69) is 0 Å². The third-order valence-electron chi connectivity index (χ3n) is 3.74. The molecule has 1 N–H and O–H groups in total. The summed E-state index contributed by atoms with van der Waals surface area (Å²) < 4.78 is 13.3. The van der Waals surface area contributed by atoms with E-state index >= 15 is 0 Å². The van der Waals surface area contributed by atoms with Crippen molar-refractivity contribution in [3.8, 4) is 0 Å². The molecule has 3 nitrogen and oxygen atoms in total. The maximum absolute atomic E-state index is 13.3. The fourth-order valence-electron chi connectivity index (χ4n) is 2.76. The fraction of sp³-hybridized carbons (Fsp3) is 0.267. The zero-order chi connectivity index (χ0) is 15.0. The molecule has 1 fully saturated rings. The Morgan fingerprint density at radius 1 is 1.43 bits per heavy atom. The molecule has 0 spiro atoms. The van der Waals surface area contributed by atoms with Gasteiger partial charge in [0.15, 0.2) is 0 Å². The SMILES string of the molecule is O=C1C[C@@H](c2cccs2)[C@H](CO)N1c1ccc(F)c(Cl)c1. The number of aliphatic hydroxyl groups excluding tert-OH is 1. The van der Waals surface area contributed by atoms with Gasteiger partial charge in [-0.1, -0.05) is 17.7 Å². The van der Waals surface area contributed by atoms with E-state index in [0.29, 0.717) is 12.1 Å². The van der Waals surface area contributed by atoms with Gasteiger partial charge in [-0.05, 0) is 29.6 Å². The molecule has 0 saturated carbocycles. The van der Waals surface area contributed by atoms with Gasteiger partial charge in [0.2, 0.25) is 5.91 Å². The first-order valence-corrected chi connectivity index (χ1v) is 7.79. The zero-order valence-electron chi connectivity index (χ0n) is 11.0. The Bertz CT molecular complexity index is 662. The summed E-state index contributed by atoms with van der Waals surface area (Å²) in [7, 11) is 0. The maximum Gasteiger partial charge on any atom is 0.228 e. The van der Waals surface area contributed by atoms with Crippen molar-refractivity contribution in [3.05, 3.63) is 51.4 Å². The largest absolute Gasteiger partial charge is 0.394 e. The molecule has 0 radical (unpaired) electrons. The molecule has 21 heavy (non-hydrogen) atoms. The van der Waals surface area contributed by atoms with Gasteiger partial charge in [0.25, 0.3) is 0 Å². The molecule has 0 bridgehead atoms. The molecule has 2 atom stereocenters. The predicted molar refractivity (Wildman–Crippen MR) is 81.4 cm³/mol. The van der Waals surface area contributed by atoms with Gasteiger partial charge in [0, 0.05) is 22.9 Å². The number of benzene rings is 1. The highest BCUT2D eigenvalue weighted by Crippen LogP contribution is 2.39. The smallest absolute Gasteiger partial charge is 0.228 e. The van der Waals surface area contributed by atoms with Gasteiger partial charge < -0.3 is 10.0 Å². The highest BCUT2D eigenvalue weighted by Gasteiger charge is 2.41. The molecule has 2 aromatic rings. The van der Waals surface area contributed by atoms with Crippen LogP contribution in [0.3, 0.4) is 0 Å². The van der Waals surface area contributed by atoms with Crippen molar-refractivity contribution >= 4 is 34.5 Å². The summed E-state index contributed by atoms with van der Waals surface area (Å²) in [6.07, 6.45) is 0.334. The molecule has 1 aromatic heterocycles. The topological polar surface area (TPSA) is 40.5 Å². The number of thiophene rings is 1. The summed E-state index contributed by atoms with van der Waals surface area (Å²) in [5.74, 6) is -0.663. The van der Waals surface area contributed by atoms with Crippen LogP contribution in [0.15, 0.2) is 35.7 Å². The molecule has 1 aromatic carbocycles. The van der Waals surface area contributed by atoms with Crippen molar-refractivity contribution in [2.24, 2.45) is 0 Å². The molecule has 1 aliphatic rings. The minimum Gasteiger partial charge on any atom is -0.394 e. The van der Waals surface area contributed by atoms with Crippen LogP contribution in [0.5, 0.6) is 0 Å². The van der Waals surface area contributed by atoms with Crippen LogP contribution >= 0.6 is 22.9 Å². The Labute approximate surface area is 130 Å². The van der Waals surface area contributed by atoms with Gasteiger partial charge in [-0.25, -0.2) is 4.39 Å². The van der Waals surface area contributed by atoms with Gasteiger partial charge in [0.1, 0.15) is 5.82 Å². The van der Waals surface area contributed by atoms with Gasteiger partial charge in [-0.15, -0.1) is 11.3 Å². The van der Waals surface area contributed by atoms with E-state index in [1.807, 2.05) is 17.5 Å². The van der Waals surface area contributed by atoms with E-state index in [-0.39, 0.29) is 29.5 Å². The van der Waals surface area contributed by atoms with Gasteiger partial charge in [-0.3, -0.25) is 4.79 Å². The highest BCUT2D eigenvalue weighted by molar-refractivity contribution is 7.10. The zero-order valence-corrected chi connectivity index (χ0v) is 12.6. The molecule has 3 rings (SSSR count). The Morgan fingerprint density at radius 2 is 2.24 bits per heavy atom. The summed E-state index contributed by atoms with van der Waals surface area (Å²) in [4.78, 5) is 14.9. The van der Waals surface area contributed by atoms with Crippen molar-refractivity contribution in [3.63, 3.8) is 0 Å². The molecular weight excluding hydrogens is 313 g/mol. The molecule has 0 aliphatic carbocycles. The number of halogens is 2. The third kappa shape index (κ3) is 2.57. The fourth-order valence-corrected chi connectivity index (χ4v) is 3.82. The van der Waals surface area contributed by atoms with Crippen molar-refractivity contribution in [2.45, 2.75) is 18.4 Å². The van der Waals surface area contributed by atoms with E-state index in [1.165, 1.54) is 23.1 Å². The van der Waals surface area contributed by atoms with E-state index in [9.17, 15) is 14.3 Å². The Balaban J connectivity index is 1.97. The van der Waals surface area contributed by atoms with Crippen LogP contribution in [0.4, 0.5) is 10.1 Å². The van der Waals surface area contributed by atoms with Crippen LogP contribution in [0, 0.1) is 5.82 Å². The minimum absolute atomic E-state index is 0.0310. The average Bonchev–Trinajstić information content (AvgIpc) is 3.09. The number of hydrogen-bond donors (Lipinski definition) is 1. The van der Waals surface area contributed by atoms with Crippen LogP contribution < -0.4 is 4.90 Å². The second kappa shape index (κ2) is 5.75. The van der Waals surface area contributed by atoms with E-state index in [4.69, 9.17) is 11.6 Å². The highest BCUT2D eigenvalue weighted by atomic mass is 35.5. The number of amides is 1. The van der Waals surface area contributed by atoms with Gasteiger partial charge >= 0.3 is 0 Å². The van der Waals surface area contributed by atoms with Gasteiger partial charge in [0.05, 0.1) is 17.7 Å². The molecule has 0 unspecified atom stereocenters. The number of carbonyl (C=O) groups is 1. The quantitative estimate of drug-likeness (QED) is 0.939. The Hall–Kier alpha value is -1.43. The summed E-state index contributed by atoms with van der Waals surface area (Å²) in [6, 6.07) is 7.71. The predicted octanol–water partition coefficient (Wildman–Crippen LogP) is 3.42. The first-order valence-electron chi connectivity index (χ1n) is 6.53. The van der Waals surface area contributed by atoms with Crippen LogP contribution in [0.25, 0.3) is 0 Å². The summed E-state index contributed by atoms with van der Waals surface area (Å²) in [6.45, 7) is -0.150. The molecule has 1 aliphatic heterocycles. The number of anilines is 1. The van der Waals surface area contributed by atoms with Crippen molar-refractivity contribution in [2.75, 3.05) is 11.5 Å². The van der Waals surface area contributed by atoms with E-state index in [0.717, 1.165) is 4.88 Å². The Kier molecular flexibility index (Phi) is 3.97. The molecular formula is C15H13ClFNO2S. The lowest BCUT2D eigenvalue weighted by Gasteiger charge is -2.26. The monoisotopic (exact) mass is 325 g/mol. The van der Waals surface area contributed by atoms with Crippen LogP contribution in [0.2, 0.25) is 5.02 Å². The number of rotatable bonds is 3. The normalized spacial score (nSPS) is 22.0. The van der Waals surface area contributed by atoms with Crippen LogP contribution in [-0.4, -0.2) is 23.7 Å². The third-order valence-corrected chi connectivity index (χ3v) is 5.03. The molecule has 1 amide bonds. The van der Waals surface area contributed by atoms with E-state index in [1.54, 1.807) is 11.3 Å². The average molecular weight is 326 g/mol. The van der Waals surface area contributed by atoms with Crippen LogP contribution in [0.1, 0.15) is 17.2 Å².